The van der Waals surface area contributed by atoms with Gasteiger partial charge in [-0.15, -0.1) is 0 Å². The topological polar surface area (TPSA) is 9.86 Å². The number of aromatic nitrogens is 2. The van der Waals surface area contributed by atoms with E-state index in [2.05, 4.69) is 182 Å². The number of nitrogens with zero attached hydrogens (tertiary/aromatic N) is 2. The molecule has 7 aromatic carbocycles. The first kappa shape index (κ1) is 28.2. The molecule has 0 spiro atoms. The molecule has 1 aliphatic rings. The molecule has 2 heteroatoms. The van der Waals surface area contributed by atoms with E-state index in [0.29, 0.717) is 0 Å². The third kappa shape index (κ3) is 3.77. The third-order valence-electron chi connectivity index (χ3n) is 11.3. The predicted molar refractivity (Wildman–Crippen MR) is 208 cm³/mol. The molecule has 0 bridgehead atoms. The molecule has 0 radical (unpaired) electrons. The second kappa shape index (κ2) is 10.1. The molecule has 0 saturated heterocycles. The summed E-state index contributed by atoms with van der Waals surface area (Å²) in [6.07, 6.45) is 0. The van der Waals surface area contributed by atoms with Gasteiger partial charge in [-0.2, -0.15) is 0 Å². The van der Waals surface area contributed by atoms with E-state index in [-0.39, 0.29) is 5.41 Å². The predicted octanol–water partition coefficient (Wildman–Crippen LogP) is 12.5. The molecule has 0 atom stereocenters. The van der Waals surface area contributed by atoms with Gasteiger partial charge in [0.25, 0.3) is 0 Å². The van der Waals surface area contributed by atoms with Crippen LogP contribution in [0.3, 0.4) is 0 Å². The van der Waals surface area contributed by atoms with Gasteiger partial charge in [-0.25, -0.2) is 0 Å². The van der Waals surface area contributed by atoms with Gasteiger partial charge in [0.15, 0.2) is 0 Å². The van der Waals surface area contributed by atoms with E-state index in [1.807, 2.05) is 0 Å². The van der Waals surface area contributed by atoms with E-state index >= 15 is 0 Å². The highest BCUT2D eigenvalue weighted by molar-refractivity contribution is 6.18. The minimum Gasteiger partial charge on any atom is -0.309 e. The molecule has 0 unspecified atom stereocenters. The molecule has 0 amide bonds. The van der Waals surface area contributed by atoms with Crippen LogP contribution in [0.25, 0.3) is 77.2 Å². The molecule has 1 aliphatic carbocycles. The summed E-state index contributed by atoms with van der Waals surface area (Å²) in [5.41, 5.74) is 17.9. The molecule has 2 heterocycles. The Hall–Kier alpha value is -5.86. The Kier molecular flexibility index (Phi) is 5.79. The summed E-state index contributed by atoms with van der Waals surface area (Å²) < 4.78 is 4.99. The van der Waals surface area contributed by atoms with E-state index < -0.39 is 0 Å². The van der Waals surface area contributed by atoms with Crippen LogP contribution in [-0.2, 0) is 5.41 Å². The van der Waals surface area contributed by atoms with Gasteiger partial charge in [-0.3, -0.25) is 0 Å². The van der Waals surface area contributed by atoms with E-state index in [9.17, 15) is 0 Å². The quantitative estimate of drug-likeness (QED) is 0.184. The molecule has 2 nitrogen and oxygen atoms in total. The largest absolute Gasteiger partial charge is 0.309 e. The number of benzene rings is 7. The normalized spacial score (nSPS) is 13.5. The van der Waals surface area contributed by atoms with Crippen LogP contribution < -0.4 is 0 Å². The second-order valence-corrected chi connectivity index (χ2v) is 14.2. The van der Waals surface area contributed by atoms with Crippen LogP contribution in [0.4, 0.5) is 0 Å². The summed E-state index contributed by atoms with van der Waals surface area (Å²) in [5, 5.41) is 5.15. The van der Waals surface area contributed by atoms with Gasteiger partial charge in [-0.1, -0.05) is 111 Å². The highest BCUT2D eigenvalue weighted by Gasteiger charge is 2.36. The standard InChI is InChI=1S/C47H36N2/c1-29-15-8-9-18-32(29)33-25-26-43-45(30(33)2)35-20-11-13-22-40(35)49(43)42-24-14-23-41-46(42)37-27-36-34-19-10-12-21-38(34)47(3,4)39(36)28-44(37)48(41)31-16-6-5-7-17-31/h5-28H,1-4H3. The van der Waals surface area contributed by atoms with Crippen LogP contribution in [-0.4, -0.2) is 9.13 Å². The van der Waals surface area contributed by atoms with Crippen molar-refractivity contribution in [1.29, 1.82) is 0 Å². The molecule has 234 valence electrons. The van der Waals surface area contributed by atoms with Crippen molar-refractivity contribution in [2.45, 2.75) is 33.1 Å². The Bertz CT molecular complexity index is 2810. The second-order valence-electron chi connectivity index (χ2n) is 14.2. The fraction of sp³-hybridized carbons (Fsp3) is 0.106. The number of rotatable bonds is 3. The highest BCUT2D eigenvalue weighted by atomic mass is 15.0. The fourth-order valence-corrected chi connectivity index (χ4v) is 8.94. The molecule has 0 fully saturated rings. The molecule has 2 aromatic heterocycles. The molecule has 49 heavy (non-hydrogen) atoms. The average Bonchev–Trinajstić information content (AvgIpc) is 3.72. The summed E-state index contributed by atoms with van der Waals surface area (Å²) in [7, 11) is 0. The van der Waals surface area contributed by atoms with Gasteiger partial charge < -0.3 is 9.13 Å². The minimum absolute atomic E-state index is 0.0832. The summed E-state index contributed by atoms with van der Waals surface area (Å²) in [5.74, 6) is 0. The van der Waals surface area contributed by atoms with E-state index in [4.69, 9.17) is 0 Å². The van der Waals surface area contributed by atoms with Crippen LogP contribution in [0.1, 0.15) is 36.1 Å². The van der Waals surface area contributed by atoms with Crippen LogP contribution in [0.15, 0.2) is 146 Å². The number of hydrogen-bond donors (Lipinski definition) is 0. The summed E-state index contributed by atoms with van der Waals surface area (Å²) in [4.78, 5) is 0. The van der Waals surface area contributed by atoms with Gasteiger partial charge in [0.2, 0.25) is 0 Å². The monoisotopic (exact) mass is 628 g/mol. The maximum absolute atomic E-state index is 2.52. The SMILES string of the molecule is Cc1ccccc1-c1ccc2c(c1C)c1ccccc1n2-c1cccc2c1c1cc3c(cc1n2-c1ccccc1)C(C)(C)c1ccccc1-3. The Labute approximate surface area is 286 Å². The van der Waals surface area contributed by atoms with Crippen molar-refractivity contribution in [3.63, 3.8) is 0 Å². The lowest BCUT2D eigenvalue weighted by Crippen LogP contribution is -2.14. The summed E-state index contributed by atoms with van der Waals surface area (Å²) in [6, 6.07) is 54.0. The molecular formula is C47H36N2. The molecular weight excluding hydrogens is 593 g/mol. The average molecular weight is 629 g/mol. The van der Waals surface area contributed by atoms with Crippen molar-refractivity contribution < 1.29 is 0 Å². The number of hydrogen-bond acceptors (Lipinski definition) is 0. The Morgan fingerprint density at radius 2 is 1.12 bits per heavy atom. The molecule has 0 N–H and O–H groups in total. The number of fused-ring (bicyclic) bond motifs is 9. The van der Waals surface area contributed by atoms with E-state index in [1.54, 1.807) is 0 Å². The zero-order valence-corrected chi connectivity index (χ0v) is 28.3. The molecule has 10 rings (SSSR count). The molecule has 9 aromatic rings. The van der Waals surface area contributed by atoms with Crippen LogP contribution in [0.2, 0.25) is 0 Å². The van der Waals surface area contributed by atoms with E-state index in [1.165, 1.54) is 99.5 Å². The minimum atomic E-state index is -0.0832. The van der Waals surface area contributed by atoms with Crippen molar-refractivity contribution in [3.05, 3.63) is 168 Å². The first-order valence-electron chi connectivity index (χ1n) is 17.3. The number of para-hydroxylation sites is 2. The third-order valence-corrected chi connectivity index (χ3v) is 11.3. The Morgan fingerprint density at radius 1 is 0.429 bits per heavy atom. The van der Waals surface area contributed by atoms with Crippen LogP contribution in [0, 0.1) is 13.8 Å². The summed E-state index contributed by atoms with van der Waals surface area (Å²) >= 11 is 0. The van der Waals surface area contributed by atoms with Gasteiger partial charge in [-0.05, 0) is 107 Å². The van der Waals surface area contributed by atoms with Crippen molar-refractivity contribution in [1.82, 2.24) is 9.13 Å². The first-order valence-corrected chi connectivity index (χ1v) is 17.3. The van der Waals surface area contributed by atoms with Crippen molar-refractivity contribution in [2.75, 3.05) is 0 Å². The molecule has 0 saturated carbocycles. The van der Waals surface area contributed by atoms with Crippen LogP contribution >= 0.6 is 0 Å². The van der Waals surface area contributed by atoms with Crippen molar-refractivity contribution >= 4 is 43.6 Å². The molecule has 0 aliphatic heterocycles. The lowest BCUT2D eigenvalue weighted by atomic mass is 9.82. The van der Waals surface area contributed by atoms with Gasteiger partial charge in [0.05, 0.1) is 27.8 Å². The van der Waals surface area contributed by atoms with Gasteiger partial charge >= 0.3 is 0 Å². The maximum atomic E-state index is 2.52. The van der Waals surface area contributed by atoms with Crippen molar-refractivity contribution in [3.8, 4) is 33.6 Å². The van der Waals surface area contributed by atoms with Gasteiger partial charge in [0, 0.05) is 32.6 Å². The Balaban J connectivity index is 1.35. The fourth-order valence-electron chi connectivity index (χ4n) is 8.94. The Morgan fingerprint density at radius 3 is 1.96 bits per heavy atom. The zero-order valence-electron chi connectivity index (χ0n) is 28.3. The maximum Gasteiger partial charge on any atom is 0.0562 e. The van der Waals surface area contributed by atoms with Gasteiger partial charge in [0.1, 0.15) is 0 Å². The highest BCUT2D eigenvalue weighted by Crippen LogP contribution is 2.52. The van der Waals surface area contributed by atoms with Crippen LogP contribution in [0.5, 0.6) is 0 Å². The van der Waals surface area contributed by atoms with E-state index in [0.717, 1.165) is 0 Å². The summed E-state index contributed by atoms with van der Waals surface area (Å²) in [6.45, 7) is 9.25. The lowest BCUT2D eigenvalue weighted by Gasteiger charge is -2.21. The number of aryl methyl sites for hydroxylation is 2. The first-order chi connectivity index (χ1) is 23.9. The van der Waals surface area contributed by atoms with Crippen molar-refractivity contribution in [2.24, 2.45) is 0 Å². The zero-order chi connectivity index (χ0) is 33.0. The lowest BCUT2D eigenvalue weighted by molar-refractivity contribution is 0.661. The smallest absolute Gasteiger partial charge is 0.0562 e.